The van der Waals surface area contributed by atoms with E-state index in [1.54, 1.807) is 7.11 Å². The maximum Gasteiger partial charge on any atom is 0.261 e. The molecule has 1 N–H and O–H groups in total. The number of allylic oxidation sites excluding steroid dienone is 1. The minimum Gasteiger partial charge on any atom is -0.490 e. The van der Waals surface area contributed by atoms with Gasteiger partial charge in [0.25, 0.3) is 5.91 Å². The molecule has 0 unspecified atom stereocenters. The molecule has 1 spiro atoms. The number of hydrogen-bond donors (Lipinski definition) is 1. The largest absolute Gasteiger partial charge is 0.490 e. The molecule has 2 aromatic rings. The molecule has 0 saturated heterocycles. The summed E-state index contributed by atoms with van der Waals surface area (Å²) in [6.07, 6.45) is 11.1. The Kier molecular flexibility index (Phi) is 9.39. The van der Waals surface area contributed by atoms with Gasteiger partial charge in [0.2, 0.25) is 0 Å². The van der Waals surface area contributed by atoms with Crippen LogP contribution in [0.1, 0.15) is 60.5 Å². The number of anilines is 1. The number of methoxy groups -OCH3 is 1. The number of nitrogens with zero attached hydrogens (tertiary/aromatic N) is 1. The van der Waals surface area contributed by atoms with Crippen LogP contribution in [-0.4, -0.2) is 57.8 Å². The number of halogens is 1. The molecular weight excluding hydrogens is 568 g/mol. The van der Waals surface area contributed by atoms with Crippen molar-refractivity contribution in [3.63, 3.8) is 0 Å². The van der Waals surface area contributed by atoms with Crippen LogP contribution in [0.5, 0.6) is 5.75 Å². The fraction of sp³-hybridized carbons (Fsp3) is 0.559. The molecule has 42 heavy (non-hydrogen) atoms. The number of carbonyl (C=O) groups is 1. The van der Waals surface area contributed by atoms with Gasteiger partial charge >= 0.3 is 0 Å². The van der Waals surface area contributed by atoms with Crippen LogP contribution >= 0.6 is 23.5 Å². The Morgan fingerprint density at radius 2 is 2.10 bits per heavy atom. The van der Waals surface area contributed by atoms with Crippen molar-refractivity contribution < 1.29 is 19.0 Å². The molecule has 6 nitrogen and oxygen atoms in total. The summed E-state index contributed by atoms with van der Waals surface area (Å²) in [5.41, 5.74) is 4.24. The van der Waals surface area contributed by atoms with E-state index in [9.17, 15) is 4.79 Å². The summed E-state index contributed by atoms with van der Waals surface area (Å²) in [7, 11) is 1.73. The summed E-state index contributed by atoms with van der Waals surface area (Å²) in [6.45, 7) is 5.78. The van der Waals surface area contributed by atoms with E-state index >= 15 is 0 Å². The Labute approximate surface area is 259 Å². The van der Waals surface area contributed by atoms with Crippen LogP contribution in [0.3, 0.4) is 0 Å². The number of carbonyl (C=O) groups excluding carboxylic acids is 1. The van der Waals surface area contributed by atoms with Crippen LogP contribution in [-0.2, 0) is 21.3 Å². The van der Waals surface area contributed by atoms with Crippen molar-refractivity contribution in [3.05, 3.63) is 70.3 Å². The van der Waals surface area contributed by atoms with E-state index in [-0.39, 0.29) is 17.4 Å². The van der Waals surface area contributed by atoms with Gasteiger partial charge in [0, 0.05) is 42.0 Å². The summed E-state index contributed by atoms with van der Waals surface area (Å²) >= 11 is 7.93. The molecular formula is C34H43ClN2O4S. The molecule has 8 heteroatoms. The van der Waals surface area contributed by atoms with Crippen molar-refractivity contribution >= 4 is 35.1 Å². The Hall–Kier alpha value is -2.19. The first-order chi connectivity index (χ1) is 20.5. The number of amides is 1. The summed E-state index contributed by atoms with van der Waals surface area (Å²) in [5, 5.41) is 0.793. The van der Waals surface area contributed by atoms with Crippen LogP contribution in [0.2, 0.25) is 5.02 Å². The quantitative estimate of drug-likeness (QED) is 0.232. The standard InChI is InChI=1S/C34H43ClN2O4S/c1-23-5-3-7-31(40-16-15-39-2)28-11-8-26(28)19-37-21-34(14-4-6-24-17-27(35)10-12-29(24)34)22-41-32-13-9-25(18-30(32)37)33(38)36-42-20-23/h3,7,9-10,12-13,17-18,23,26,28,31H,4-6,8,11,14-16,19-22H2,1-2H3,(H,36,38)/b7-3-/t23-,26-,28+,31-,34-/m0/s1. The average Bonchev–Trinajstić information content (AvgIpc) is 3.11. The first-order valence-electron chi connectivity index (χ1n) is 15.5. The van der Waals surface area contributed by atoms with E-state index in [1.807, 2.05) is 24.3 Å². The number of ether oxygens (including phenoxy) is 3. The third-order valence-electron chi connectivity index (χ3n) is 9.65. The first kappa shape index (κ1) is 29.9. The van der Waals surface area contributed by atoms with Crippen molar-refractivity contribution in [2.75, 3.05) is 50.7 Å². The highest BCUT2D eigenvalue weighted by Crippen LogP contribution is 2.47. The average molecular weight is 611 g/mol. The van der Waals surface area contributed by atoms with Gasteiger partial charge in [-0.15, -0.1) is 0 Å². The Morgan fingerprint density at radius 3 is 2.93 bits per heavy atom. The molecule has 2 aliphatic heterocycles. The van der Waals surface area contributed by atoms with E-state index in [1.165, 1.54) is 29.5 Å². The lowest BCUT2D eigenvalue weighted by atomic mass is 9.68. The maximum atomic E-state index is 13.2. The Morgan fingerprint density at radius 1 is 1.19 bits per heavy atom. The fourth-order valence-corrected chi connectivity index (χ4v) is 8.15. The van der Waals surface area contributed by atoms with Gasteiger partial charge in [-0.05, 0) is 110 Å². The van der Waals surface area contributed by atoms with Crippen molar-refractivity contribution in [3.8, 4) is 5.75 Å². The van der Waals surface area contributed by atoms with Gasteiger partial charge in [-0.2, -0.15) is 0 Å². The smallest absolute Gasteiger partial charge is 0.261 e. The second kappa shape index (κ2) is 13.2. The SMILES string of the molecule is COCCO[C@H]1/C=C\C[C@H](C)CSNC(=O)c2ccc3c(c2)N(C[C@@H]2CC[C@H]21)C[C@@]1(CCCc2cc(Cl)ccc21)CO3. The van der Waals surface area contributed by atoms with Gasteiger partial charge < -0.3 is 19.1 Å². The van der Waals surface area contributed by atoms with Crippen LogP contribution in [0.25, 0.3) is 0 Å². The highest BCUT2D eigenvalue weighted by molar-refractivity contribution is 7.97. The molecule has 226 valence electrons. The highest BCUT2D eigenvalue weighted by atomic mass is 35.5. The van der Waals surface area contributed by atoms with Gasteiger partial charge in [-0.3, -0.25) is 9.52 Å². The second-order valence-corrected chi connectivity index (χ2v) is 13.9. The van der Waals surface area contributed by atoms with Crippen molar-refractivity contribution in [1.29, 1.82) is 0 Å². The maximum absolute atomic E-state index is 13.2. The van der Waals surface area contributed by atoms with Crippen molar-refractivity contribution in [2.45, 2.75) is 57.0 Å². The zero-order chi connectivity index (χ0) is 29.1. The first-order valence-corrected chi connectivity index (χ1v) is 16.8. The summed E-state index contributed by atoms with van der Waals surface area (Å²) < 4.78 is 21.5. The van der Waals surface area contributed by atoms with Crippen molar-refractivity contribution in [2.24, 2.45) is 17.8 Å². The third kappa shape index (κ3) is 6.35. The van der Waals surface area contributed by atoms with Gasteiger partial charge in [0.05, 0.1) is 31.6 Å². The van der Waals surface area contributed by atoms with Crippen LogP contribution in [0.15, 0.2) is 48.6 Å². The zero-order valence-electron chi connectivity index (χ0n) is 24.8. The molecule has 6 rings (SSSR count). The van der Waals surface area contributed by atoms with E-state index in [0.717, 1.165) is 67.4 Å². The number of nitrogens with one attached hydrogen (secondary N) is 1. The minimum absolute atomic E-state index is 0.0534. The highest BCUT2D eigenvalue weighted by Gasteiger charge is 2.44. The monoisotopic (exact) mass is 610 g/mol. The molecule has 1 amide bonds. The molecule has 2 bridgehead atoms. The van der Waals surface area contributed by atoms with Gasteiger partial charge in [0.1, 0.15) is 5.75 Å². The molecule has 4 aliphatic rings. The van der Waals surface area contributed by atoms with E-state index in [0.29, 0.717) is 43.1 Å². The van der Waals surface area contributed by atoms with E-state index in [4.69, 9.17) is 25.8 Å². The van der Waals surface area contributed by atoms with Gasteiger partial charge in [0.15, 0.2) is 0 Å². The normalized spacial score (nSPS) is 30.3. The molecule has 2 aliphatic carbocycles. The van der Waals surface area contributed by atoms with Crippen LogP contribution in [0, 0.1) is 17.8 Å². The topological polar surface area (TPSA) is 60.0 Å². The van der Waals surface area contributed by atoms with Crippen LogP contribution < -0.4 is 14.4 Å². The summed E-state index contributed by atoms with van der Waals surface area (Å²) in [4.78, 5) is 15.8. The molecule has 5 atom stereocenters. The lowest BCUT2D eigenvalue weighted by Crippen LogP contribution is -2.49. The molecule has 2 heterocycles. The minimum atomic E-state index is -0.139. The predicted octanol–water partition coefficient (Wildman–Crippen LogP) is 6.84. The van der Waals surface area contributed by atoms with E-state index in [2.05, 4.69) is 40.8 Å². The Bertz CT molecular complexity index is 1300. The lowest BCUT2D eigenvalue weighted by Gasteiger charge is -2.46. The van der Waals surface area contributed by atoms with Crippen LogP contribution in [0.4, 0.5) is 5.69 Å². The molecule has 1 fully saturated rings. The van der Waals surface area contributed by atoms with Crippen molar-refractivity contribution in [1.82, 2.24) is 4.72 Å². The number of rotatable bonds is 4. The van der Waals surface area contributed by atoms with E-state index < -0.39 is 0 Å². The Balaban J connectivity index is 1.36. The molecule has 0 aromatic heterocycles. The van der Waals surface area contributed by atoms with Gasteiger partial charge in [-0.25, -0.2) is 0 Å². The summed E-state index contributed by atoms with van der Waals surface area (Å²) in [6, 6.07) is 12.3. The fourth-order valence-electron chi connectivity index (χ4n) is 7.20. The van der Waals surface area contributed by atoms with Gasteiger partial charge in [-0.1, -0.05) is 36.7 Å². The molecule has 1 saturated carbocycles. The number of aryl methyl sites for hydroxylation is 1. The zero-order valence-corrected chi connectivity index (χ0v) is 26.4. The lowest BCUT2D eigenvalue weighted by molar-refractivity contribution is -0.0309. The predicted molar refractivity (Wildman–Crippen MR) is 171 cm³/mol. The second-order valence-electron chi connectivity index (χ2n) is 12.6. The number of hydrogen-bond acceptors (Lipinski definition) is 6. The molecule has 0 radical (unpaired) electrons. The third-order valence-corrected chi connectivity index (χ3v) is 10.9. The summed E-state index contributed by atoms with van der Waals surface area (Å²) in [5.74, 6) is 3.03. The number of fused-ring (bicyclic) bond motifs is 4. The molecule has 2 aromatic carbocycles. The number of benzene rings is 2.